The van der Waals surface area contributed by atoms with Crippen molar-refractivity contribution in [1.29, 1.82) is 0 Å². The Labute approximate surface area is 203 Å². The van der Waals surface area contributed by atoms with Crippen LogP contribution in [-0.4, -0.2) is 37.7 Å². The first kappa shape index (κ1) is 23.6. The summed E-state index contributed by atoms with van der Waals surface area (Å²) in [4.78, 5) is 3.58. The van der Waals surface area contributed by atoms with Gasteiger partial charge in [-0.3, -0.25) is 0 Å². The number of fused-ring (bicyclic) bond motifs is 2. The van der Waals surface area contributed by atoms with Crippen molar-refractivity contribution in [2.75, 3.05) is 32.6 Å². The van der Waals surface area contributed by atoms with Crippen molar-refractivity contribution in [2.24, 2.45) is 0 Å². The predicted octanol–water partition coefficient (Wildman–Crippen LogP) is 6.49. The summed E-state index contributed by atoms with van der Waals surface area (Å²) >= 11 is 1.83. The highest BCUT2D eigenvalue weighted by molar-refractivity contribution is 8.03. The van der Waals surface area contributed by atoms with E-state index in [0.717, 1.165) is 24.0 Å². The van der Waals surface area contributed by atoms with Gasteiger partial charge in [-0.2, -0.15) is 4.57 Å². The van der Waals surface area contributed by atoms with Crippen LogP contribution in [0.1, 0.15) is 32.8 Å². The lowest BCUT2D eigenvalue weighted by Gasteiger charge is -2.42. The number of nitrogens with zero attached hydrogens (tertiary/aromatic N) is 3. The van der Waals surface area contributed by atoms with Crippen LogP contribution in [0.4, 0.5) is 5.69 Å². The number of aryl methyl sites for hydroxylation is 1. The van der Waals surface area contributed by atoms with E-state index in [1.807, 2.05) is 11.8 Å². The molecule has 4 rings (SSSR count). The van der Waals surface area contributed by atoms with E-state index >= 15 is 0 Å². The van der Waals surface area contributed by atoms with Crippen LogP contribution in [0.25, 0.3) is 17.0 Å². The van der Waals surface area contributed by atoms with E-state index in [-0.39, 0.29) is 5.54 Å². The highest BCUT2D eigenvalue weighted by atomic mass is 32.2. The lowest BCUT2D eigenvalue weighted by molar-refractivity contribution is -0.937. The molecule has 0 atom stereocenters. The Hall–Kier alpha value is -2.56. The number of para-hydroxylation sites is 2. The van der Waals surface area contributed by atoms with Crippen LogP contribution < -0.4 is 9.47 Å². The number of rotatable bonds is 6. The van der Waals surface area contributed by atoms with Crippen molar-refractivity contribution < 1.29 is 9.05 Å². The molecular weight excluding hydrogens is 422 g/mol. The van der Waals surface area contributed by atoms with Crippen molar-refractivity contribution in [3.63, 3.8) is 0 Å². The molecule has 4 heteroatoms. The highest BCUT2D eigenvalue weighted by Gasteiger charge is 2.31. The summed E-state index contributed by atoms with van der Waals surface area (Å²) in [6.07, 6.45) is 10.0. The number of hydrogen-bond donors (Lipinski definition) is 0. The molecule has 0 saturated heterocycles. The van der Waals surface area contributed by atoms with Gasteiger partial charge >= 0.3 is 0 Å². The molecule has 3 nitrogen and oxygen atoms in total. The Morgan fingerprint density at radius 1 is 1.00 bits per heavy atom. The third-order valence-electron chi connectivity index (χ3n) is 7.18. The van der Waals surface area contributed by atoms with Crippen molar-refractivity contribution in [3.8, 4) is 0 Å². The van der Waals surface area contributed by atoms with Crippen LogP contribution in [-0.2, 0) is 6.54 Å². The second-order valence-corrected chi connectivity index (χ2v) is 11.5. The normalized spacial score (nSPS) is 15.7. The third kappa shape index (κ3) is 5.02. The Morgan fingerprint density at radius 2 is 1.73 bits per heavy atom. The van der Waals surface area contributed by atoms with Crippen molar-refractivity contribution in [3.05, 3.63) is 83.5 Å². The summed E-state index contributed by atoms with van der Waals surface area (Å²) in [5, 5.41) is 2.55. The molecule has 1 aliphatic rings. The summed E-state index contributed by atoms with van der Waals surface area (Å²) in [6, 6.07) is 19.6. The van der Waals surface area contributed by atoms with Gasteiger partial charge in [0.15, 0.2) is 12.7 Å². The molecule has 0 spiro atoms. The molecule has 1 aliphatic heterocycles. The molecule has 0 fully saturated rings. The Morgan fingerprint density at radius 3 is 2.48 bits per heavy atom. The van der Waals surface area contributed by atoms with Gasteiger partial charge in [0.05, 0.1) is 48.7 Å². The standard InChI is InChI=1S/C29H37N3S/c1-29(2,3)32(5,6)22-12-20-31-21-19-23(24-14-7-8-15-25(24)31)13-11-18-28-30(4)26-16-9-10-17-27(26)33-28/h7-11,13-19,21H,12,20,22H2,1-6H3/q+2. The van der Waals surface area contributed by atoms with Gasteiger partial charge in [-0.1, -0.05) is 48.2 Å². The Kier molecular flexibility index (Phi) is 6.69. The number of aromatic nitrogens is 1. The van der Waals surface area contributed by atoms with Crippen LogP contribution in [0, 0.1) is 0 Å². The van der Waals surface area contributed by atoms with E-state index < -0.39 is 0 Å². The topological polar surface area (TPSA) is 7.12 Å². The number of quaternary nitrogens is 1. The molecule has 1 aromatic heterocycles. The lowest BCUT2D eigenvalue weighted by atomic mass is 10.0. The summed E-state index contributed by atoms with van der Waals surface area (Å²) in [5.41, 5.74) is 4.09. The molecule has 3 aromatic rings. The minimum Gasteiger partial charge on any atom is -0.338 e. The van der Waals surface area contributed by atoms with Gasteiger partial charge in [-0.25, -0.2) is 0 Å². The number of allylic oxidation sites excluding steroid dienone is 2. The van der Waals surface area contributed by atoms with Gasteiger partial charge in [0.1, 0.15) is 0 Å². The van der Waals surface area contributed by atoms with Gasteiger partial charge < -0.3 is 9.38 Å². The van der Waals surface area contributed by atoms with Gasteiger partial charge in [0.25, 0.3) is 0 Å². The predicted molar refractivity (Wildman–Crippen MR) is 143 cm³/mol. The monoisotopic (exact) mass is 459 g/mol. The average Bonchev–Trinajstić information content (AvgIpc) is 3.10. The van der Waals surface area contributed by atoms with E-state index in [1.165, 1.54) is 32.1 Å². The average molecular weight is 460 g/mol. The van der Waals surface area contributed by atoms with E-state index in [1.54, 1.807) is 0 Å². The van der Waals surface area contributed by atoms with Crippen LogP contribution in [0.2, 0.25) is 0 Å². The molecule has 2 aromatic carbocycles. The molecule has 0 bridgehead atoms. The van der Waals surface area contributed by atoms with Crippen molar-refractivity contribution in [2.45, 2.75) is 44.2 Å². The molecule has 0 amide bonds. The van der Waals surface area contributed by atoms with Crippen LogP contribution in [0.3, 0.4) is 0 Å². The fraction of sp³-hybridized carbons (Fsp3) is 0.345. The second-order valence-electron chi connectivity index (χ2n) is 10.4. The highest BCUT2D eigenvalue weighted by Crippen LogP contribution is 2.44. The number of thioether (sulfide) groups is 1. The van der Waals surface area contributed by atoms with Crippen LogP contribution in [0.15, 0.2) is 82.9 Å². The van der Waals surface area contributed by atoms with Crippen molar-refractivity contribution in [1.82, 2.24) is 0 Å². The van der Waals surface area contributed by atoms with Gasteiger partial charge in [-0.05, 0) is 50.6 Å². The first-order chi connectivity index (χ1) is 15.7. The molecule has 33 heavy (non-hydrogen) atoms. The van der Waals surface area contributed by atoms with Gasteiger partial charge in [-0.15, -0.1) is 0 Å². The molecular formula is C29H37N3S+2. The molecule has 0 radical (unpaired) electrons. The smallest absolute Gasteiger partial charge is 0.213 e. The quantitative estimate of drug-likeness (QED) is 0.307. The maximum atomic E-state index is 2.41. The van der Waals surface area contributed by atoms with Crippen LogP contribution >= 0.6 is 11.8 Å². The summed E-state index contributed by atoms with van der Waals surface area (Å²) in [5.74, 6) is 0. The minimum atomic E-state index is 0.253. The molecule has 172 valence electrons. The maximum absolute atomic E-state index is 2.41. The van der Waals surface area contributed by atoms with E-state index in [2.05, 4.69) is 130 Å². The molecule has 0 unspecified atom stereocenters. The van der Waals surface area contributed by atoms with Gasteiger partial charge in [0.2, 0.25) is 5.52 Å². The number of benzene rings is 2. The fourth-order valence-electron chi connectivity index (χ4n) is 4.12. The number of anilines is 1. The van der Waals surface area contributed by atoms with E-state index in [9.17, 15) is 0 Å². The zero-order chi connectivity index (χ0) is 23.6. The maximum Gasteiger partial charge on any atom is 0.213 e. The largest absolute Gasteiger partial charge is 0.338 e. The van der Waals surface area contributed by atoms with E-state index in [4.69, 9.17) is 0 Å². The van der Waals surface area contributed by atoms with Crippen LogP contribution in [0.5, 0.6) is 0 Å². The Balaban J connectivity index is 1.51. The Bertz CT molecular complexity index is 1200. The first-order valence-corrected chi connectivity index (χ1v) is 12.6. The molecule has 2 heterocycles. The number of pyridine rings is 1. The zero-order valence-electron chi connectivity index (χ0n) is 20.9. The second kappa shape index (κ2) is 9.36. The summed E-state index contributed by atoms with van der Waals surface area (Å²) < 4.78 is 3.43. The first-order valence-electron chi connectivity index (χ1n) is 11.8. The lowest BCUT2D eigenvalue weighted by Crippen LogP contribution is -2.55. The van der Waals surface area contributed by atoms with Gasteiger partial charge in [0, 0.05) is 24.1 Å². The zero-order valence-corrected chi connectivity index (χ0v) is 21.7. The fourth-order valence-corrected chi connectivity index (χ4v) is 5.18. The summed E-state index contributed by atoms with van der Waals surface area (Å²) in [7, 11) is 6.81. The molecule has 0 aliphatic carbocycles. The van der Waals surface area contributed by atoms with Crippen molar-refractivity contribution >= 4 is 34.4 Å². The minimum absolute atomic E-state index is 0.253. The summed E-state index contributed by atoms with van der Waals surface area (Å²) in [6.45, 7) is 9.17. The molecule has 0 N–H and O–H groups in total. The number of hydrogen-bond acceptors (Lipinski definition) is 2. The third-order valence-corrected chi connectivity index (χ3v) is 8.36. The molecule has 0 saturated carbocycles. The van der Waals surface area contributed by atoms with E-state index in [0.29, 0.717) is 0 Å². The SMILES string of the molecule is CN1/C(=C/C=C/c2cc[n+](CCC[N+](C)(C)C(C)(C)C)c3ccccc23)Sc2ccccc21.